The number of hydrogen-bond acceptors (Lipinski definition) is 2. The van der Waals surface area contributed by atoms with Gasteiger partial charge < -0.3 is 10.6 Å². The molecule has 3 nitrogen and oxygen atoms in total. The van der Waals surface area contributed by atoms with Crippen molar-refractivity contribution in [1.82, 2.24) is 5.32 Å². The Morgan fingerprint density at radius 1 is 1.25 bits per heavy atom. The van der Waals surface area contributed by atoms with Crippen LogP contribution in [0.3, 0.4) is 0 Å². The molecule has 110 valence electrons. The van der Waals surface area contributed by atoms with Gasteiger partial charge in [0.25, 0.3) is 0 Å². The molecule has 3 heteroatoms. The van der Waals surface area contributed by atoms with Gasteiger partial charge >= 0.3 is 0 Å². The summed E-state index contributed by atoms with van der Waals surface area (Å²) in [5.74, 6) is 0.0930. The molecule has 0 fully saturated rings. The second kappa shape index (κ2) is 5.12. The molecule has 1 atom stereocenters. The molecule has 0 saturated heterocycles. The maximum absolute atomic E-state index is 12.4. The Morgan fingerprint density at radius 3 is 2.50 bits per heavy atom. The number of fused-ring (bicyclic) bond motifs is 1. The van der Waals surface area contributed by atoms with Gasteiger partial charge in [-0.05, 0) is 37.3 Å². The highest BCUT2D eigenvalue weighted by atomic mass is 16.2. The fourth-order valence-corrected chi connectivity index (χ4v) is 3.25. The molecule has 1 aromatic rings. The third-order valence-corrected chi connectivity index (χ3v) is 3.52. The lowest BCUT2D eigenvalue weighted by molar-refractivity contribution is -0.123. The van der Waals surface area contributed by atoms with Crippen LogP contribution >= 0.6 is 0 Å². The predicted molar refractivity (Wildman–Crippen MR) is 83.9 cm³/mol. The number of benzene rings is 1. The Bertz CT molecular complexity index is 475. The maximum atomic E-state index is 12.4. The summed E-state index contributed by atoms with van der Waals surface area (Å²) in [5, 5.41) is 6.50. The van der Waals surface area contributed by atoms with Crippen molar-refractivity contribution in [3.05, 3.63) is 29.8 Å². The van der Waals surface area contributed by atoms with Gasteiger partial charge in [-0.1, -0.05) is 39.0 Å². The van der Waals surface area contributed by atoms with E-state index < -0.39 is 0 Å². The monoisotopic (exact) mass is 274 g/mol. The van der Waals surface area contributed by atoms with Crippen LogP contribution in [0.4, 0.5) is 5.69 Å². The molecule has 20 heavy (non-hydrogen) atoms. The van der Waals surface area contributed by atoms with Crippen molar-refractivity contribution in [2.45, 2.75) is 59.0 Å². The molecule has 0 radical (unpaired) electrons. The highest BCUT2D eigenvalue weighted by molar-refractivity contribution is 5.87. The van der Waals surface area contributed by atoms with Crippen LogP contribution in [-0.2, 0) is 11.2 Å². The number of carbonyl (C=O) groups excluding carboxylic acids is 1. The minimum atomic E-state index is -0.189. The van der Waals surface area contributed by atoms with Gasteiger partial charge in [-0.25, -0.2) is 0 Å². The van der Waals surface area contributed by atoms with E-state index in [9.17, 15) is 4.79 Å². The van der Waals surface area contributed by atoms with Gasteiger partial charge in [0.05, 0.1) is 0 Å². The van der Waals surface area contributed by atoms with Gasteiger partial charge in [0, 0.05) is 17.6 Å². The summed E-state index contributed by atoms with van der Waals surface area (Å²) in [6.07, 6.45) is 1.72. The fourth-order valence-electron chi connectivity index (χ4n) is 3.25. The molecule has 2 rings (SSSR count). The van der Waals surface area contributed by atoms with E-state index in [1.165, 1.54) is 5.56 Å². The van der Waals surface area contributed by atoms with Crippen LogP contribution in [0.1, 0.15) is 46.6 Å². The molecule has 0 spiro atoms. The van der Waals surface area contributed by atoms with Crippen LogP contribution in [0.2, 0.25) is 0 Å². The zero-order chi connectivity index (χ0) is 15.0. The number of amides is 1. The van der Waals surface area contributed by atoms with Crippen molar-refractivity contribution in [1.29, 1.82) is 0 Å². The molecular weight excluding hydrogens is 248 g/mol. The third-order valence-electron chi connectivity index (χ3n) is 3.52. The van der Waals surface area contributed by atoms with E-state index >= 15 is 0 Å². The van der Waals surface area contributed by atoms with Gasteiger partial charge in [0.2, 0.25) is 5.91 Å². The van der Waals surface area contributed by atoms with E-state index in [1.54, 1.807) is 0 Å². The molecule has 1 unspecified atom stereocenters. The van der Waals surface area contributed by atoms with E-state index in [1.807, 2.05) is 18.2 Å². The van der Waals surface area contributed by atoms with E-state index in [0.29, 0.717) is 0 Å². The van der Waals surface area contributed by atoms with E-state index in [4.69, 9.17) is 0 Å². The smallest absolute Gasteiger partial charge is 0.243 e. The largest absolute Gasteiger partial charge is 0.373 e. The topological polar surface area (TPSA) is 41.1 Å². The summed E-state index contributed by atoms with van der Waals surface area (Å²) in [6, 6.07) is 7.98. The Balaban J connectivity index is 1.97. The zero-order valence-corrected chi connectivity index (χ0v) is 13.2. The Hall–Kier alpha value is -1.51. The van der Waals surface area contributed by atoms with Crippen molar-refractivity contribution in [3.63, 3.8) is 0 Å². The third kappa shape index (κ3) is 3.75. The molecule has 1 heterocycles. The van der Waals surface area contributed by atoms with Gasteiger partial charge in [0.1, 0.15) is 6.04 Å². The van der Waals surface area contributed by atoms with Crippen LogP contribution in [-0.4, -0.2) is 17.5 Å². The van der Waals surface area contributed by atoms with E-state index in [-0.39, 0.29) is 22.9 Å². The lowest BCUT2D eigenvalue weighted by Gasteiger charge is -2.34. The van der Waals surface area contributed by atoms with Crippen LogP contribution < -0.4 is 10.6 Å². The van der Waals surface area contributed by atoms with Crippen molar-refractivity contribution in [3.8, 4) is 0 Å². The molecule has 0 aliphatic carbocycles. The van der Waals surface area contributed by atoms with E-state index in [0.717, 1.165) is 18.5 Å². The SMILES string of the molecule is CC(C)(C)CC(C)(C)NC(=O)C1Cc2ccccc2N1. The van der Waals surface area contributed by atoms with Crippen molar-refractivity contribution in [2.75, 3.05) is 5.32 Å². The number of anilines is 1. The molecule has 0 saturated carbocycles. The van der Waals surface area contributed by atoms with Crippen LogP contribution in [0.15, 0.2) is 24.3 Å². The summed E-state index contributed by atoms with van der Waals surface area (Å²) in [5.41, 5.74) is 2.32. The van der Waals surface area contributed by atoms with Crippen LogP contribution in [0, 0.1) is 5.41 Å². The molecule has 0 bridgehead atoms. The molecule has 2 N–H and O–H groups in total. The number of nitrogens with one attached hydrogen (secondary N) is 2. The molecule has 1 aliphatic heterocycles. The number of hydrogen-bond donors (Lipinski definition) is 2. The first-order valence-electron chi connectivity index (χ1n) is 7.33. The Morgan fingerprint density at radius 2 is 1.90 bits per heavy atom. The number of para-hydroxylation sites is 1. The summed E-state index contributed by atoms with van der Waals surface area (Å²) in [6.45, 7) is 10.8. The number of rotatable bonds is 3. The summed E-state index contributed by atoms with van der Waals surface area (Å²) < 4.78 is 0. The summed E-state index contributed by atoms with van der Waals surface area (Å²) >= 11 is 0. The van der Waals surface area contributed by atoms with Crippen LogP contribution in [0.5, 0.6) is 0 Å². The predicted octanol–water partition coefficient (Wildman–Crippen LogP) is 3.35. The molecule has 1 amide bonds. The molecule has 0 aromatic heterocycles. The van der Waals surface area contributed by atoms with Crippen molar-refractivity contribution < 1.29 is 4.79 Å². The van der Waals surface area contributed by atoms with E-state index in [2.05, 4.69) is 51.3 Å². The fraction of sp³-hybridized carbons (Fsp3) is 0.588. The Kier molecular flexibility index (Phi) is 3.81. The summed E-state index contributed by atoms with van der Waals surface area (Å²) in [7, 11) is 0. The van der Waals surface area contributed by atoms with Gasteiger partial charge in [-0.3, -0.25) is 4.79 Å². The second-order valence-electron chi connectivity index (χ2n) is 7.67. The lowest BCUT2D eigenvalue weighted by atomic mass is 9.81. The van der Waals surface area contributed by atoms with Crippen LogP contribution in [0.25, 0.3) is 0 Å². The maximum Gasteiger partial charge on any atom is 0.243 e. The lowest BCUT2D eigenvalue weighted by Crippen LogP contribution is -2.51. The first kappa shape index (κ1) is 14.9. The first-order valence-corrected chi connectivity index (χ1v) is 7.33. The van der Waals surface area contributed by atoms with Crippen molar-refractivity contribution >= 4 is 11.6 Å². The Labute approximate surface area is 122 Å². The standard InChI is InChI=1S/C17H26N2O/c1-16(2,3)11-17(4,5)19-15(20)14-10-12-8-6-7-9-13(12)18-14/h6-9,14,18H,10-11H2,1-5H3,(H,19,20). The first-order chi connectivity index (χ1) is 9.16. The summed E-state index contributed by atoms with van der Waals surface area (Å²) in [4.78, 5) is 12.4. The van der Waals surface area contributed by atoms with Gasteiger partial charge in [-0.15, -0.1) is 0 Å². The minimum Gasteiger partial charge on any atom is -0.373 e. The zero-order valence-electron chi connectivity index (χ0n) is 13.2. The normalized spacial score (nSPS) is 18.4. The average molecular weight is 274 g/mol. The number of carbonyl (C=O) groups is 1. The van der Waals surface area contributed by atoms with Gasteiger partial charge in [0.15, 0.2) is 0 Å². The molecule has 1 aliphatic rings. The average Bonchev–Trinajstić information content (AvgIpc) is 2.68. The molecular formula is C17H26N2O. The highest BCUT2D eigenvalue weighted by Gasteiger charge is 2.32. The van der Waals surface area contributed by atoms with Crippen molar-refractivity contribution in [2.24, 2.45) is 5.41 Å². The quantitative estimate of drug-likeness (QED) is 0.887. The highest BCUT2D eigenvalue weighted by Crippen LogP contribution is 2.28. The minimum absolute atomic E-state index is 0.0930. The second-order valence-corrected chi connectivity index (χ2v) is 7.67. The molecule has 1 aromatic carbocycles. The van der Waals surface area contributed by atoms with Gasteiger partial charge in [-0.2, -0.15) is 0 Å².